The van der Waals surface area contributed by atoms with Gasteiger partial charge in [0.2, 0.25) is 0 Å². The SMILES string of the molecule is O=C(NN=Cc1cc(Br)cs1)c1c[nH]c2ccccc12. The van der Waals surface area contributed by atoms with E-state index in [4.69, 9.17) is 0 Å². The molecule has 3 aromatic rings. The number of benzene rings is 1. The maximum absolute atomic E-state index is 12.1. The van der Waals surface area contributed by atoms with Crippen LogP contribution in [-0.4, -0.2) is 17.1 Å². The predicted octanol–water partition coefficient (Wildman–Crippen LogP) is 3.76. The van der Waals surface area contributed by atoms with E-state index in [1.54, 1.807) is 23.7 Å². The van der Waals surface area contributed by atoms with Gasteiger partial charge in [-0.2, -0.15) is 5.10 Å². The summed E-state index contributed by atoms with van der Waals surface area (Å²) in [7, 11) is 0. The molecule has 0 aliphatic rings. The minimum Gasteiger partial charge on any atom is -0.360 e. The summed E-state index contributed by atoms with van der Waals surface area (Å²) in [5.74, 6) is -0.227. The van der Waals surface area contributed by atoms with Crippen LogP contribution in [-0.2, 0) is 0 Å². The number of carbonyl (C=O) groups is 1. The summed E-state index contributed by atoms with van der Waals surface area (Å²) in [5.41, 5.74) is 4.06. The summed E-state index contributed by atoms with van der Waals surface area (Å²) in [6.07, 6.45) is 3.32. The molecule has 2 heterocycles. The molecule has 1 amide bonds. The number of halogens is 1. The van der Waals surface area contributed by atoms with Crippen molar-refractivity contribution in [1.82, 2.24) is 10.4 Å². The molecule has 1 aromatic carbocycles. The molecule has 0 saturated carbocycles. The fourth-order valence-electron chi connectivity index (χ4n) is 1.87. The first-order chi connectivity index (χ1) is 9.74. The standard InChI is InChI=1S/C14H10BrN3OS/c15-9-5-10(20-8-9)6-17-18-14(19)12-7-16-13-4-2-1-3-11(12)13/h1-8,16H,(H,18,19). The molecule has 0 aliphatic carbocycles. The number of H-pyrrole nitrogens is 1. The van der Waals surface area contributed by atoms with Crippen molar-refractivity contribution in [2.75, 3.05) is 0 Å². The molecule has 3 rings (SSSR count). The Morgan fingerprint density at radius 3 is 3.05 bits per heavy atom. The van der Waals surface area contributed by atoms with Crippen LogP contribution >= 0.6 is 27.3 Å². The van der Waals surface area contributed by atoms with Gasteiger partial charge >= 0.3 is 0 Å². The number of thiophene rings is 1. The number of amides is 1. The van der Waals surface area contributed by atoms with E-state index in [1.165, 1.54) is 0 Å². The number of hydrazone groups is 1. The van der Waals surface area contributed by atoms with E-state index in [-0.39, 0.29) is 5.91 Å². The van der Waals surface area contributed by atoms with E-state index >= 15 is 0 Å². The van der Waals surface area contributed by atoms with Crippen LogP contribution in [0.3, 0.4) is 0 Å². The van der Waals surface area contributed by atoms with E-state index in [0.717, 1.165) is 20.3 Å². The minimum atomic E-state index is -0.227. The second kappa shape index (κ2) is 5.60. The second-order valence-corrected chi connectivity index (χ2v) is 5.97. The Morgan fingerprint density at radius 1 is 1.40 bits per heavy atom. The topological polar surface area (TPSA) is 57.2 Å². The van der Waals surface area contributed by atoms with Crippen molar-refractivity contribution in [1.29, 1.82) is 0 Å². The fraction of sp³-hybridized carbons (Fsp3) is 0. The minimum absolute atomic E-state index is 0.227. The van der Waals surface area contributed by atoms with Gasteiger partial charge in [0, 0.05) is 31.8 Å². The summed E-state index contributed by atoms with van der Waals surface area (Å²) >= 11 is 4.92. The van der Waals surface area contributed by atoms with Gasteiger partial charge in [0.1, 0.15) is 0 Å². The van der Waals surface area contributed by atoms with E-state index in [9.17, 15) is 4.79 Å². The normalized spacial score (nSPS) is 11.2. The molecule has 20 heavy (non-hydrogen) atoms. The van der Waals surface area contributed by atoms with Gasteiger partial charge in [-0.25, -0.2) is 5.43 Å². The first-order valence-corrected chi connectivity index (χ1v) is 7.55. The Balaban J connectivity index is 1.75. The Labute approximate surface area is 127 Å². The lowest BCUT2D eigenvalue weighted by molar-refractivity contribution is 0.0957. The first-order valence-electron chi connectivity index (χ1n) is 5.87. The van der Waals surface area contributed by atoms with E-state index in [2.05, 4.69) is 31.4 Å². The van der Waals surface area contributed by atoms with Gasteiger partial charge in [-0.3, -0.25) is 4.79 Å². The Morgan fingerprint density at radius 2 is 2.25 bits per heavy atom. The largest absolute Gasteiger partial charge is 0.360 e. The number of para-hydroxylation sites is 1. The third-order valence-corrected chi connectivity index (χ3v) is 4.41. The summed E-state index contributed by atoms with van der Waals surface area (Å²) in [5, 5.41) is 6.82. The third kappa shape index (κ3) is 2.66. The maximum atomic E-state index is 12.1. The summed E-state index contributed by atoms with van der Waals surface area (Å²) in [4.78, 5) is 16.1. The van der Waals surface area contributed by atoms with Crippen LogP contribution in [0.15, 0.2) is 51.5 Å². The number of hydrogen-bond donors (Lipinski definition) is 2. The highest BCUT2D eigenvalue weighted by Crippen LogP contribution is 2.18. The van der Waals surface area contributed by atoms with E-state index in [1.807, 2.05) is 35.7 Å². The van der Waals surface area contributed by atoms with Gasteiger partial charge in [-0.15, -0.1) is 11.3 Å². The molecule has 2 N–H and O–H groups in total. The first kappa shape index (κ1) is 13.1. The molecular weight excluding hydrogens is 338 g/mol. The zero-order valence-electron chi connectivity index (χ0n) is 10.3. The number of hydrogen-bond acceptors (Lipinski definition) is 3. The van der Waals surface area contributed by atoms with E-state index < -0.39 is 0 Å². The second-order valence-electron chi connectivity index (χ2n) is 4.11. The van der Waals surface area contributed by atoms with Crippen LogP contribution in [0.5, 0.6) is 0 Å². The number of nitrogens with zero attached hydrogens (tertiary/aromatic N) is 1. The number of carbonyl (C=O) groups excluding carboxylic acids is 1. The molecule has 0 saturated heterocycles. The average molecular weight is 348 g/mol. The number of fused-ring (bicyclic) bond motifs is 1. The van der Waals surface area contributed by atoms with Gasteiger partial charge in [-0.05, 0) is 28.1 Å². The molecule has 0 spiro atoms. The van der Waals surface area contributed by atoms with Crippen LogP contribution in [0.4, 0.5) is 0 Å². The molecule has 2 aromatic heterocycles. The predicted molar refractivity (Wildman–Crippen MR) is 85.4 cm³/mol. The zero-order valence-corrected chi connectivity index (χ0v) is 12.7. The molecule has 4 nitrogen and oxygen atoms in total. The Hall–Kier alpha value is -1.92. The molecule has 6 heteroatoms. The highest BCUT2D eigenvalue weighted by atomic mass is 79.9. The van der Waals surface area contributed by atoms with Crippen LogP contribution in [0, 0.1) is 0 Å². The lowest BCUT2D eigenvalue weighted by atomic mass is 10.2. The van der Waals surface area contributed by atoms with Gasteiger partial charge in [0.15, 0.2) is 0 Å². The quantitative estimate of drug-likeness (QED) is 0.550. The van der Waals surface area contributed by atoms with Gasteiger partial charge in [0.25, 0.3) is 5.91 Å². The number of rotatable bonds is 3. The fourth-order valence-corrected chi connectivity index (χ4v) is 3.17. The number of aromatic nitrogens is 1. The molecule has 0 radical (unpaired) electrons. The number of aromatic amines is 1. The van der Waals surface area contributed by atoms with Crippen molar-refractivity contribution in [3.63, 3.8) is 0 Å². The van der Waals surface area contributed by atoms with Crippen molar-refractivity contribution in [2.24, 2.45) is 5.10 Å². The molecular formula is C14H10BrN3OS. The Bertz CT molecular complexity index is 790. The summed E-state index contributed by atoms with van der Waals surface area (Å²) in [6, 6.07) is 9.60. The van der Waals surface area contributed by atoms with Crippen molar-refractivity contribution >= 4 is 50.3 Å². The van der Waals surface area contributed by atoms with Crippen molar-refractivity contribution < 1.29 is 4.79 Å². The summed E-state index contributed by atoms with van der Waals surface area (Å²) < 4.78 is 1.01. The molecule has 100 valence electrons. The Kier molecular flexibility index (Phi) is 3.66. The van der Waals surface area contributed by atoms with Crippen LogP contribution in [0.1, 0.15) is 15.2 Å². The maximum Gasteiger partial charge on any atom is 0.273 e. The van der Waals surface area contributed by atoms with Crippen molar-refractivity contribution in [3.05, 3.63) is 56.8 Å². The third-order valence-electron chi connectivity index (χ3n) is 2.78. The van der Waals surface area contributed by atoms with Crippen LogP contribution < -0.4 is 5.43 Å². The van der Waals surface area contributed by atoms with Crippen molar-refractivity contribution in [2.45, 2.75) is 0 Å². The van der Waals surface area contributed by atoms with E-state index in [0.29, 0.717) is 5.56 Å². The van der Waals surface area contributed by atoms with Crippen LogP contribution in [0.2, 0.25) is 0 Å². The lowest BCUT2D eigenvalue weighted by Gasteiger charge is -1.97. The average Bonchev–Trinajstić information content (AvgIpc) is 3.05. The number of nitrogens with one attached hydrogen (secondary N) is 2. The molecule has 0 fully saturated rings. The molecule has 0 atom stereocenters. The van der Waals surface area contributed by atoms with Gasteiger partial charge in [-0.1, -0.05) is 18.2 Å². The molecule has 0 aliphatic heterocycles. The van der Waals surface area contributed by atoms with Crippen molar-refractivity contribution in [3.8, 4) is 0 Å². The van der Waals surface area contributed by atoms with Crippen LogP contribution in [0.25, 0.3) is 10.9 Å². The highest BCUT2D eigenvalue weighted by molar-refractivity contribution is 9.10. The molecule has 0 unspecified atom stereocenters. The van der Waals surface area contributed by atoms with Gasteiger partial charge in [0.05, 0.1) is 11.8 Å². The lowest BCUT2D eigenvalue weighted by Crippen LogP contribution is -2.17. The van der Waals surface area contributed by atoms with Gasteiger partial charge < -0.3 is 4.98 Å². The monoisotopic (exact) mass is 347 g/mol. The zero-order chi connectivity index (χ0) is 13.9. The smallest absolute Gasteiger partial charge is 0.273 e. The molecule has 0 bridgehead atoms. The summed E-state index contributed by atoms with van der Waals surface area (Å²) in [6.45, 7) is 0. The highest BCUT2D eigenvalue weighted by Gasteiger charge is 2.10.